The molecule has 1 aromatic rings. The summed E-state index contributed by atoms with van der Waals surface area (Å²) in [5, 5.41) is 10.4. The van der Waals surface area contributed by atoms with E-state index < -0.39 is 5.66 Å². The highest BCUT2D eigenvalue weighted by Crippen LogP contribution is 2.58. The highest BCUT2D eigenvalue weighted by atomic mass is 16.2. The Morgan fingerprint density at radius 3 is 2.72 bits per heavy atom. The van der Waals surface area contributed by atoms with Gasteiger partial charge in [-0.05, 0) is 62.0 Å². The Hall–Kier alpha value is -2.04. The van der Waals surface area contributed by atoms with Crippen LogP contribution in [0.1, 0.15) is 75.6 Å². The van der Waals surface area contributed by atoms with Gasteiger partial charge in [0.1, 0.15) is 5.66 Å². The lowest BCUT2D eigenvalue weighted by Gasteiger charge is -2.61. The quantitative estimate of drug-likeness (QED) is 0.707. The van der Waals surface area contributed by atoms with Crippen LogP contribution in [-0.4, -0.2) is 23.5 Å². The maximum Gasteiger partial charge on any atom is 0.255 e. The summed E-state index contributed by atoms with van der Waals surface area (Å²) < 4.78 is 0. The lowest BCUT2D eigenvalue weighted by molar-refractivity contribution is -0.140. The second kappa shape index (κ2) is 6.75. The molecule has 0 aromatic heterocycles. The Balaban J connectivity index is 1.36. The molecule has 0 unspecified atom stereocenters. The van der Waals surface area contributed by atoms with Gasteiger partial charge in [0.05, 0.1) is 5.56 Å². The molecular formula is C24H33N3O2. The number of hydrogen-bond acceptors (Lipinski definition) is 3. The van der Waals surface area contributed by atoms with E-state index in [-0.39, 0.29) is 29.1 Å². The molecule has 5 aliphatic rings. The van der Waals surface area contributed by atoms with Crippen LogP contribution in [0.3, 0.4) is 0 Å². The molecule has 4 saturated carbocycles. The standard InChI is InChI=1S/C24H33N3O2/c1-15-7-3-5-9-19(15)25-22(29)18-13-16-11-12-23(18,2)14-24(16)26-20-10-6-4-8-17(20)21(28)27-24/h4,6,8,10,15-16,18-19,26H,3,5,7,9,11-14H2,1-2H3,(H,25,29)(H,27,28)/t15-,16-,18+,19+,23+,24+/m1/s1. The van der Waals surface area contributed by atoms with Gasteiger partial charge in [-0.2, -0.15) is 0 Å². The molecule has 6 atom stereocenters. The van der Waals surface area contributed by atoms with Gasteiger partial charge in [0.25, 0.3) is 5.91 Å². The van der Waals surface area contributed by atoms with E-state index in [2.05, 4.69) is 29.8 Å². The van der Waals surface area contributed by atoms with Crippen molar-refractivity contribution in [1.29, 1.82) is 0 Å². The molecule has 0 radical (unpaired) electrons. The third-order valence-electron chi connectivity index (χ3n) is 8.43. The minimum Gasteiger partial charge on any atom is -0.362 e. The molecule has 4 fully saturated rings. The van der Waals surface area contributed by atoms with E-state index >= 15 is 0 Å². The van der Waals surface area contributed by atoms with Gasteiger partial charge in [-0.1, -0.05) is 38.8 Å². The van der Waals surface area contributed by atoms with Crippen LogP contribution in [0.5, 0.6) is 0 Å². The number of anilines is 1. The van der Waals surface area contributed by atoms with Crippen molar-refractivity contribution in [3.63, 3.8) is 0 Å². The summed E-state index contributed by atoms with van der Waals surface area (Å²) in [6, 6.07) is 8.07. The smallest absolute Gasteiger partial charge is 0.255 e. The summed E-state index contributed by atoms with van der Waals surface area (Å²) in [6.45, 7) is 4.53. The highest BCUT2D eigenvalue weighted by molar-refractivity contribution is 6.02. The van der Waals surface area contributed by atoms with Crippen LogP contribution >= 0.6 is 0 Å². The van der Waals surface area contributed by atoms with Crippen molar-refractivity contribution in [3.05, 3.63) is 29.8 Å². The fourth-order valence-electron chi connectivity index (χ4n) is 6.67. The molecule has 29 heavy (non-hydrogen) atoms. The maximum absolute atomic E-state index is 13.3. The topological polar surface area (TPSA) is 70.2 Å². The number of rotatable bonds is 2. The number of para-hydroxylation sites is 1. The zero-order valence-electron chi connectivity index (χ0n) is 17.6. The average Bonchev–Trinajstić information content (AvgIpc) is 2.69. The summed E-state index contributed by atoms with van der Waals surface area (Å²) in [4.78, 5) is 26.1. The molecule has 5 nitrogen and oxygen atoms in total. The van der Waals surface area contributed by atoms with Crippen molar-refractivity contribution in [3.8, 4) is 0 Å². The van der Waals surface area contributed by atoms with Crippen LogP contribution in [0, 0.1) is 23.2 Å². The Kier molecular flexibility index (Phi) is 4.41. The van der Waals surface area contributed by atoms with E-state index in [0.717, 1.165) is 37.8 Å². The molecule has 2 amide bonds. The Labute approximate surface area is 173 Å². The largest absolute Gasteiger partial charge is 0.362 e. The molecule has 1 heterocycles. The maximum atomic E-state index is 13.3. The van der Waals surface area contributed by atoms with Gasteiger partial charge in [-0.25, -0.2) is 0 Å². The summed E-state index contributed by atoms with van der Waals surface area (Å²) in [7, 11) is 0. The number of amides is 2. The van der Waals surface area contributed by atoms with Gasteiger partial charge < -0.3 is 16.0 Å². The first-order valence-corrected chi connectivity index (χ1v) is 11.4. The average molecular weight is 396 g/mol. The minimum absolute atomic E-state index is 0.00697. The molecule has 1 aromatic carbocycles. The Morgan fingerprint density at radius 2 is 1.93 bits per heavy atom. The number of nitrogens with one attached hydrogen (secondary N) is 3. The van der Waals surface area contributed by atoms with Crippen molar-refractivity contribution in [2.45, 2.75) is 76.9 Å². The molecule has 4 aliphatic carbocycles. The van der Waals surface area contributed by atoms with Crippen molar-refractivity contribution < 1.29 is 9.59 Å². The van der Waals surface area contributed by atoms with Gasteiger partial charge in [-0.3, -0.25) is 9.59 Å². The van der Waals surface area contributed by atoms with Crippen molar-refractivity contribution in [2.75, 3.05) is 5.32 Å². The third-order valence-corrected chi connectivity index (χ3v) is 8.43. The molecule has 1 aliphatic heterocycles. The van der Waals surface area contributed by atoms with E-state index in [1.54, 1.807) is 0 Å². The summed E-state index contributed by atoms with van der Waals surface area (Å²) in [6.07, 6.45) is 8.59. The fourth-order valence-corrected chi connectivity index (χ4v) is 6.67. The minimum atomic E-state index is -0.423. The molecule has 6 rings (SSSR count). The number of hydrogen-bond donors (Lipinski definition) is 3. The second-order valence-electron chi connectivity index (χ2n) is 10.3. The number of carbonyl (C=O) groups is 2. The van der Waals surface area contributed by atoms with Crippen LogP contribution in [-0.2, 0) is 4.79 Å². The van der Waals surface area contributed by atoms with Crippen molar-refractivity contribution in [2.24, 2.45) is 23.2 Å². The van der Waals surface area contributed by atoms with Gasteiger partial charge in [0.15, 0.2) is 0 Å². The lowest BCUT2D eigenvalue weighted by Crippen LogP contribution is -2.70. The lowest BCUT2D eigenvalue weighted by atomic mass is 9.51. The summed E-state index contributed by atoms with van der Waals surface area (Å²) >= 11 is 0. The molecule has 156 valence electrons. The van der Waals surface area contributed by atoms with Crippen LogP contribution < -0.4 is 16.0 Å². The third kappa shape index (κ3) is 3.04. The zero-order chi connectivity index (χ0) is 20.2. The first-order chi connectivity index (χ1) is 13.9. The molecular weight excluding hydrogens is 362 g/mol. The van der Waals surface area contributed by atoms with Gasteiger partial charge in [0.2, 0.25) is 5.91 Å². The Morgan fingerprint density at radius 1 is 1.14 bits per heavy atom. The summed E-state index contributed by atoms with van der Waals surface area (Å²) in [5.41, 5.74) is 1.12. The van der Waals surface area contributed by atoms with E-state index in [4.69, 9.17) is 0 Å². The van der Waals surface area contributed by atoms with Crippen molar-refractivity contribution in [1.82, 2.24) is 10.6 Å². The SMILES string of the molecule is C[C@@H]1CCCC[C@@H]1NC(=O)[C@@H]1C[C@H]2CC[C@@]1(C)C[C@]21NC(=O)c2ccccc2N1. The van der Waals surface area contributed by atoms with Gasteiger partial charge >= 0.3 is 0 Å². The zero-order valence-corrected chi connectivity index (χ0v) is 17.6. The number of carbonyl (C=O) groups excluding carboxylic acids is 2. The Bertz CT molecular complexity index is 839. The van der Waals surface area contributed by atoms with Gasteiger partial charge in [0, 0.05) is 23.6 Å². The van der Waals surface area contributed by atoms with Gasteiger partial charge in [-0.15, -0.1) is 0 Å². The first kappa shape index (κ1) is 19.0. The van der Waals surface area contributed by atoms with E-state index in [0.29, 0.717) is 17.5 Å². The number of fused-ring (bicyclic) bond motifs is 3. The molecule has 0 saturated heterocycles. The van der Waals surface area contributed by atoms with Crippen LogP contribution in [0.25, 0.3) is 0 Å². The fraction of sp³-hybridized carbons (Fsp3) is 0.667. The first-order valence-electron chi connectivity index (χ1n) is 11.4. The predicted octanol–water partition coefficient (Wildman–Crippen LogP) is 4.06. The monoisotopic (exact) mass is 395 g/mol. The molecule has 1 spiro atoms. The van der Waals surface area contributed by atoms with Crippen LogP contribution in [0.2, 0.25) is 0 Å². The number of benzene rings is 1. The molecule has 3 N–H and O–H groups in total. The van der Waals surface area contributed by atoms with Crippen LogP contribution in [0.4, 0.5) is 5.69 Å². The second-order valence-corrected chi connectivity index (χ2v) is 10.3. The van der Waals surface area contributed by atoms with E-state index in [1.807, 2.05) is 24.3 Å². The predicted molar refractivity (Wildman–Crippen MR) is 113 cm³/mol. The van der Waals surface area contributed by atoms with E-state index in [9.17, 15) is 9.59 Å². The summed E-state index contributed by atoms with van der Waals surface area (Å²) in [5.74, 6) is 1.14. The van der Waals surface area contributed by atoms with Crippen molar-refractivity contribution >= 4 is 17.5 Å². The van der Waals surface area contributed by atoms with Crippen LogP contribution in [0.15, 0.2) is 24.3 Å². The highest BCUT2D eigenvalue weighted by Gasteiger charge is 2.60. The van der Waals surface area contributed by atoms with E-state index in [1.165, 1.54) is 19.3 Å². The molecule has 5 heteroatoms. The normalized spacial score (nSPS) is 40.7. The molecule has 2 bridgehead atoms.